The summed E-state index contributed by atoms with van der Waals surface area (Å²) in [5.74, 6) is -0.224. The van der Waals surface area contributed by atoms with Gasteiger partial charge in [0, 0.05) is 18.1 Å². The zero-order valence-corrected chi connectivity index (χ0v) is 16.4. The van der Waals surface area contributed by atoms with E-state index in [9.17, 15) is 4.79 Å². The van der Waals surface area contributed by atoms with Crippen LogP contribution in [0.15, 0.2) is 65.1 Å². The van der Waals surface area contributed by atoms with E-state index in [2.05, 4.69) is 25.7 Å². The van der Waals surface area contributed by atoms with Gasteiger partial charge in [-0.05, 0) is 28.2 Å². The van der Waals surface area contributed by atoms with Gasteiger partial charge in [-0.25, -0.2) is 0 Å². The van der Waals surface area contributed by atoms with Crippen LogP contribution in [0.1, 0.15) is 11.7 Å². The van der Waals surface area contributed by atoms with Crippen LogP contribution in [0.3, 0.4) is 0 Å². The summed E-state index contributed by atoms with van der Waals surface area (Å²) in [6.07, 6.45) is 0. The van der Waals surface area contributed by atoms with Crippen molar-refractivity contribution in [2.45, 2.75) is 6.92 Å². The molecule has 9 nitrogen and oxygen atoms in total. The van der Waals surface area contributed by atoms with Crippen LogP contribution in [0.2, 0.25) is 0 Å². The molecule has 0 unspecified atom stereocenters. The number of tetrazole rings is 1. The molecule has 5 aromatic rings. The minimum atomic E-state index is -0.357. The molecule has 0 radical (unpaired) electrons. The molecule has 0 atom stereocenters. The van der Waals surface area contributed by atoms with Gasteiger partial charge in [0.1, 0.15) is 5.69 Å². The third-order valence-electron chi connectivity index (χ3n) is 4.53. The number of benzene rings is 2. The number of nitrogens with zero attached hydrogens (tertiary/aromatic N) is 7. The topological polar surface area (TPSA) is 104 Å². The highest BCUT2D eigenvalue weighted by atomic mass is 32.1. The number of aromatic nitrogens is 7. The van der Waals surface area contributed by atoms with Crippen molar-refractivity contribution in [3.05, 3.63) is 65.5 Å². The lowest BCUT2D eigenvalue weighted by Gasteiger charge is -2.13. The zero-order chi connectivity index (χ0) is 20.7. The number of hydrogen-bond donors (Lipinski definition) is 0. The summed E-state index contributed by atoms with van der Waals surface area (Å²) >= 11 is 5.18. The predicted octanol–water partition coefficient (Wildman–Crippen LogP) is 3.70. The molecule has 0 bridgehead atoms. The Morgan fingerprint density at radius 3 is 2.23 bits per heavy atom. The molecule has 5 rings (SSSR count). The van der Waals surface area contributed by atoms with Crippen molar-refractivity contribution < 1.29 is 9.21 Å². The van der Waals surface area contributed by atoms with Gasteiger partial charge in [0.05, 0.1) is 5.56 Å². The molecule has 0 saturated heterocycles. The number of hydrogen-bond acceptors (Lipinski definition) is 8. The minimum absolute atomic E-state index is 0.0554. The van der Waals surface area contributed by atoms with Crippen molar-refractivity contribution in [3.8, 4) is 33.8 Å². The van der Waals surface area contributed by atoms with Crippen molar-refractivity contribution >= 4 is 23.8 Å². The highest BCUT2D eigenvalue weighted by Gasteiger charge is 2.26. The second-order valence-electron chi connectivity index (χ2n) is 6.43. The zero-order valence-electron chi connectivity index (χ0n) is 15.6. The summed E-state index contributed by atoms with van der Waals surface area (Å²) in [7, 11) is 0. The summed E-state index contributed by atoms with van der Waals surface area (Å²) in [6.45, 7) is 1.36. The van der Waals surface area contributed by atoms with Crippen LogP contribution in [0.25, 0.3) is 39.5 Å². The fourth-order valence-electron chi connectivity index (χ4n) is 3.24. The Morgan fingerprint density at radius 2 is 1.60 bits per heavy atom. The second kappa shape index (κ2) is 7.08. The van der Waals surface area contributed by atoms with Crippen molar-refractivity contribution in [1.29, 1.82) is 0 Å². The van der Waals surface area contributed by atoms with Crippen molar-refractivity contribution in [2.24, 2.45) is 0 Å². The van der Waals surface area contributed by atoms with E-state index in [-0.39, 0.29) is 16.6 Å². The van der Waals surface area contributed by atoms with E-state index in [0.717, 1.165) is 21.4 Å². The van der Waals surface area contributed by atoms with Crippen LogP contribution >= 0.6 is 12.2 Å². The summed E-state index contributed by atoms with van der Waals surface area (Å²) in [5.41, 5.74) is 3.90. The standard InChI is InChI=1S/C20H13N7O2S/c1-12(28)26-20(30)29-19(23-26)16-15(13-8-4-2-5-9-13)17(14-10-6-3-7-11-14)22-27-18(16)21-24-25-27/h2-11H,1H3. The molecule has 0 spiro atoms. The molecule has 3 aromatic heterocycles. The predicted molar refractivity (Wildman–Crippen MR) is 110 cm³/mol. The first-order valence-electron chi connectivity index (χ1n) is 8.98. The number of fused-ring (bicyclic) bond motifs is 1. The normalized spacial score (nSPS) is 11.1. The minimum Gasteiger partial charge on any atom is -0.409 e. The first-order valence-corrected chi connectivity index (χ1v) is 9.39. The third-order valence-corrected chi connectivity index (χ3v) is 4.78. The Labute approximate surface area is 174 Å². The molecule has 3 heterocycles. The molecule has 0 aliphatic carbocycles. The Kier molecular flexibility index (Phi) is 4.25. The van der Waals surface area contributed by atoms with Crippen LogP contribution in [0, 0.1) is 4.84 Å². The molecule has 30 heavy (non-hydrogen) atoms. The monoisotopic (exact) mass is 415 g/mol. The first-order chi connectivity index (χ1) is 14.6. The molecule has 0 aliphatic rings. The van der Waals surface area contributed by atoms with E-state index in [0.29, 0.717) is 16.9 Å². The third kappa shape index (κ3) is 2.90. The van der Waals surface area contributed by atoms with Gasteiger partial charge in [0.25, 0.3) is 10.7 Å². The lowest BCUT2D eigenvalue weighted by Crippen LogP contribution is -2.08. The maximum atomic E-state index is 11.9. The van der Waals surface area contributed by atoms with E-state index < -0.39 is 0 Å². The van der Waals surface area contributed by atoms with Crippen LogP contribution < -0.4 is 0 Å². The van der Waals surface area contributed by atoms with Crippen molar-refractivity contribution in [1.82, 2.24) is 35.0 Å². The molecule has 146 valence electrons. The quantitative estimate of drug-likeness (QED) is 0.411. The maximum Gasteiger partial charge on any atom is 0.294 e. The fraction of sp³-hybridized carbons (Fsp3) is 0.0500. The lowest BCUT2D eigenvalue weighted by molar-refractivity contribution is 0.0916. The summed E-state index contributed by atoms with van der Waals surface area (Å²) < 4.78 is 8.05. The Bertz CT molecular complexity index is 1440. The molecule has 0 amide bonds. The first kappa shape index (κ1) is 18.0. The number of rotatable bonds is 3. The van der Waals surface area contributed by atoms with Crippen molar-refractivity contribution in [3.63, 3.8) is 0 Å². The van der Waals surface area contributed by atoms with Gasteiger partial charge in [-0.1, -0.05) is 60.7 Å². The Balaban J connectivity index is 1.94. The van der Waals surface area contributed by atoms with Gasteiger partial charge >= 0.3 is 0 Å². The average Bonchev–Trinajstić information content (AvgIpc) is 3.40. The van der Waals surface area contributed by atoms with Crippen LogP contribution in [0.4, 0.5) is 0 Å². The molecular formula is C20H13N7O2S. The summed E-state index contributed by atoms with van der Waals surface area (Å²) in [5, 5.41) is 20.8. The van der Waals surface area contributed by atoms with Gasteiger partial charge in [0.15, 0.2) is 0 Å². The molecule has 0 N–H and O–H groups in total. The van der Waals surface area contributed by atoms with Crippen LogP contribution in [0.5, 0.6) is 0 Å². The van der Waals surface area contributed by atoms with Crippen LogP contribution in [-0.2, 0) is 0 Å². The highest BCUT2D eigenvalue weighted by molar-refractivity contribution is 7.71. The molecule has 0 saturated carbocycles. The van der Waals surface area contributed by atoms with E-state index in [1.807, 2.05) is 60.7 Å². The SMILES string of the molecule is CC(=O)n1nc(-c2c(-c3ccccc3)c(-c3ccccc3)nn3nnnc23)oc1=S. The van der Waals surface area contributed by atoms with E-state index in [4.69, 9.17) is 16.6 Å². The summed E-state index contributed by atoms with van der Waals surface area (Å²) in [6, 6.07) is 19.3. The maximum absolute atomic E-state index is 11.9. The van der Waals surface area contributed by atoms with Gasteiger partial charge in [0.2, 0.25) is 11.6 Å². The largest absolute Gasteiger partial charge is 0.409 e. The van der Waals surface area contributed by atoms with E-state index in [1.165, 1.54) is 11.6 Å². The smallest absolute Gasteiger partial charge is 0.294 e. The van der Waals surface area contributed by atoms with Gasteiger partial charge in [-0.15, -0.1) is 19.9 Å². The lowest BCUT2D eigenvalue weighted by atomic mass is 9.95. The molecule has 0 fully saturated rings. The number of carbonyl (C=O) groups excluding carboxylic acids is 1. The highest BCUT2D eigenvalue weighted by Crippen LogP contribution is 2.39. The van der Waals surface area contributed by atoms with Crippen LogP contribution in [-0.4, -0.2) is 40.9 Å². The van der Waals surface area contributed by atoms with E-state index >= 15 is 0 Å². The average molecular weight is 415 g/mol. The number of carbonyl (C=O) groups is 1. The van der Waals surface area contributed by atoms with Gasteiger partial charge in [-0.3, -0.25) is 4.79 Å². The molecule has 2 aromatic carbocycles. The van der Waals surface area contributed by atoms with E-state index in [1.54, 1.807) is 0 Å². The Morgan fingerprint density at radius 1 is 0.933 bits per heavy atom. The van der Waals surface area contributed by atoms with Gasteiger partial charge < -0.3 is 4.42 Å². The molecule has 0 aliphatic heterocycles. The van der Waals surface area contributed by atoms with Crippen molar-refractivity contribution in [2.75, 3.05) is 0 Å². The molecule has 10 heteroatoms. The fourth-order valence-corrected chi connectivity index (χ4v) is 3.49. The Hall–Kier alpha value is -4.05. The van der Waals surface area contributed by atoms with Gasteiger partial charge in [-0.2, -0.15) is 4.68 Å². The molecular weight excluding hydrogens is 402 g/mol. The summed E-state index contributed by atoms with van der Waals surface area (Å²) in [4.78, 5) is 11.8. The second-order valence-corrected chi connectivity index (χ2v) is 6.78.